The predicted molar refractivity (Wildman–Crippen MR) is 79.3 cm³/mol. The van der Waals surface area contributed by atoms with E-state index in [0.717, 1.165) is 32.5 Å². The van der Waals surface area contributed by atoms with Crippen LogP contribution in [0, 0.1) is 5.82 Å². The predicted octanol–water partition coefficient (Wildman–Crippen LogP) is 1.94. The van der Waals surface area contributed by atoms with Gasteiger partial charge in [-0.15, -0.1) is 0 Å². The van der Waals surface area contributed by atoms with Gasteiger partial charge < -0.3 is 15.0 Å². The number of rotatable bonds is 6. The Balaban J connectivity index is 1.76. The molecule has 1 aromatic rings. The van der Waals surface area contributed by atoms with Gasteiger partial charge in [0.15, 0.2) is 0 Å². The van der Waals surface area contributed by atoms with E-state index in [1.807, 2.05) is 6.07 Å². The largest absolute Gasteiger partial charge is 0.372 e. The zero-order chi connectivity index (χ0) is 15.1. The molecule has 1 N–H and O–H groups in total. The van der Waals surface area contributed by atoms with E-state index in [0.29, 0.717) is 18.6 Å². The van der Waals surface area contributed by atoms with E-state index < -0.39 is 0 Å². The van der Waals surface area contributed by atoms with E-state index in [2.05, 4.69) is 10.2 Å². The van der Waals surface area contributed by atoms with E-state index >= 15 is 0 Å². The fourth-order valence-corrected chi connectivity index (χ4v) is 2.56. The molecule has 0 aromatic heterocycles. The van der Waals surface area contributed by atoms with Crippen molar-refractivity contribution in [3.63, 3.8) is 0 Å². The average molecular weight is 294 g/mol. The first-order valence-electron chi connectivity index (χ1n) is 7.47. The molecule has 4 nitrogen and oxygen atoms in total. The molecule has 0 radical (unpaired) electrons. The second-order valence-corrected chi connectivity index (χ2v) is 5.39. The number of hydrogen-bond acceptors (Lipinski definition) is 3. The van der Waals surface area contributed by atoms with Crippen molar-refractivity contribution in [1.29, 1.82) is 0 Å². The number of likely N-dealkylation sites (tertiary alicyclic amines) is 1. The SMILES string of the molecule is CNC(=O)CCN1CCC[C@H](OCc2ccccc2F)C1. The minimum atomic E-state index is -0.218. The van der Waals surface area contributed by atoms with E-state index in [-0.39, 0.29) is 17.8 Å². The molecule has 0 spiro atoms. The summed E-state index contributed by atoms with van der Waals surface area (Å²) in [5.74, 6) is -0.158. The standard InChI is InChI=1S/C16H23FN2O2/c1-18-16(20)8-10-19-9-4-6-14(11-19)21-12-13-5-2-3-7-15(13)17/h2-3,5,7,14H,4,6,8-12H2,1H3,(H,18,20)/t14-/m0/s1. The summed E-state index contributed by atoms with van der Waals surface area (Å²) in [6.07, 6.45) is 2.67. The Hall–Kier alpha value is -1.46. The van der Waals surface area contributed by atoms with Crippen LogP contribution in [0.25, 0.3) is 0 Å². The highest BCUT2D eigenvalue weighted by atomic mass is 19.1. The highest BCUT2D eigenvalue weighted by Gasteiger charge is 2.21. The lowest BCUT2D eigenvalue weighted by Crippen LogP contribution is -2.41. The molecule has 1 aromatic carbocycles. The van der Waals surface area contributed by atoms with Crippen molar-refractivity contribution in [3.8, 4) is 0 Å². The van der Waals surface area contributed by atoms with Gasteiger partial charge in [-0.25, -0.2) is 4.39 Å². The Morgan fingerprint density at radius 3 is 3.05 bits per heavy atom. The molecule has 2 rings (SSSR count). The summed E-state index contributed by atoms with van der Waals surface area (Å²) in [6.45, 7) is 2.86. The summed E-state index contributed by atoms with van der Waals surface area (Å²) in [5, 5.41) is 2.63. The molecule has 1 aliphatic heterocycles. The lowest BCUT2D eigenvalue weighted by molar-refractivity contribution is -0.121. The van der Waals surface area contributed by atoms with Gasteiger partial charge in [0.05, 0.1) is 12.7 Å². The number of ether oxygens (including phenoxy) is 1. The highest BCUT2D eigenvalue weighted by Crippen LogP contribution is 2.16. The van der Waals surface area contributed by atoms with E-state index in [4.69, 9.17) is 4.74 Å². The topological polar surface area (TPSA) is 41.6 Å². The second kappa shape index (κ2) is 8.10. The maximum absolute atomic E-state index is 13.5. The summed E-state index contributed by atoms with van der Waals surface area (Å²) in [6, 6.07) is 6.70. The minimum absolute atomic E-state index is 0.0596. The third-order valence-corrected chi connectivity index (χ3v) is 3.83. The van der Waals surface area contributed by atoms with Gasteiger partial charge in [0.25, 0.3) is 0 Å². The monoisotopic (exact) mass is 294 g/mol. The third kappa shape index (κ3) is 5.10. The number of nitrogens with one attached hydrogen (secondary N) is 1. The maximum atomic E-state index is 13.5. The first-order valence-corrected chi connectivity index (χ1v) is 7.47. The first kappa shape index (κ1) is 15.9. The fourth-order valence-electron chi connectivity index (χ4n) is 2.56. The van der Waals surface area contributed by atoms with Crippen molar-refractivity contribution in [2.24, 2.45) is 0 Å². The van der Waals surface area contributed by atoms with Crippen LogP contribution in [0.15, 0.2) is 24.3 Å². The zero-order valence-corrected chi connectivity index (χ0v) is 12.5. The Morgan fingerprint density at radius 1 is 1.48 bits per heavy atom. The van der Waals surface area contributed by atoms with Crippen LogP contribution in [-0.4, -0.2) is 43.6 Å². The number of carbonyl (C=O) groups is 1. The molecule has 0 unspecified atom stereocenters. The van der Waals surface area contributed by atoms with E-state index in [1.54, 1.807) is 19.2 Å². The Bertz CT molecular complexity index is 467. The van der Waals surface area contributed by atoms with Gasteiger partial charge in [-0.1, -0.05) is 18.2 Å². The van der Waals surface area contributed by atoms with Gasteiger partial charge in [0, 0.05) is 32.1 Å². The molecule has 1 atom stereocenters. The van der Waals surface area contributed by atoms with Crippen LogP contribution in [0.2, 0.25) is 0 Å². The zero-order valence-electron chi connectivity index (χ0n) is 12.5. The van der Waals surface area contributed by atoms with Crippen molar-refractivity contribution in [1.82, 2.24) is 10.2 Å². The number of amides is 1. The molecule has 1 fully saturated rings. The molecular weight excluding hydrogens is 271 g/mol. The molecule has 1 heterocycles. The summed E-state index contributed by atoms with van der Waals surface area (Å²) < 4.78 is 19.4. The molecule has 116 valence electrons. The molecule has 1 amide bonds. The second-order valence-electron chi connectivity index (χ2n) is 5.39. The smallest absolute Gasteiger partial charge is 0.221 e. The fraction of sp³-hybridized carbons (Fsp3) is 0.562. The van der Waals surface area contributed by atoms with Crippen LogP contribution >= 0.6 is 0 Å². The van der Waals surface area contributed by atoms with E-state index in [1.165, 1.54) is 6.07 Å². The van der Waals surface area contributed by atoms with Crippen LogP contribution in [0.3, 0.4) is 0 Å². The van der Waals surface area contributed by atoms with Gasteiger partial charge in [-0.05, 0) is 25.5 Å². The Morgan fingerprint density at radius 2 is 2.29 bits per heavy atom. The minimum Gasteiger partial charge on any atom is -0.372 e. The molecule has 0 aliphatic carbocycles. The van der Waals surface area contributed by atoms with Crippen molar-refractivity contribution in [2.45, 2.75) is 32.0 Å². The molecule has 0 saturated carbocycles. The summed E-state index contributed by atoms with van der Waals surface area (Å²) in [4.78, 5) is 13.5. The molecule has 1 saturated heterocycles. The summed E-state index contributed by atoms with van der Waals surface area (Å²) >= 11 is 0. The van der Waals surface area contributed by atoms with Crippen LogP contribution in [-0.2, 0) is 16.1 Å². The number of benzene rings is 1. The van der Waals surface area contributed by atoms with Crippen LogP contribution in [0.4, 0.5) is 4.39 Å². The highest BCUT2D eigenvalue weighted by molar-refractivity contribution is 5.75. The summed E-state index contributed by atoms with van der Waals surface area (Å²) in [5.41, 5.74) is 0.597. The lowest BCUT2D eigenvalue weighted by Gasteiger charge is -2.32. The molecule has 21 heavy (non-hydrogen) atoms. The Kier molecular flexibility index (Phi) is 6.14. The average Bonchev–Trinajstić information content (AvgIpc) is 2.52. The Labute approximate surface area is 125 Å². The molecule has 1 aliphatic rings. The molecular formula is C16H23FN2O2. The van der Waals surface area contributed by atoms with Crippen LogP contribution < -0.4 is 5.32 Å². The quantitative estimate of drug-likeness (QED) is 0.872. The van der Waals surface area contributed by atoms with Crippen molar-refractivity contribution in [2.75, 3.05) is 26.7 Å². The first-order chi connectivity index (χ1) is 10.2. The van der Waals surface area contributed by atoms with Gasteiger partial charge in [0.1, 0.15) is 5.82 Å². The number of carbonyl (C=O) groups excluding carboxylic acids is 1. The van der Waals surface area contributed by atoms with Crippen molar-refractivity contribution >= 4 is 5.91 Å². The lowest BCUT2D eigenvalue weighted by atomic mass is 10.1. The molecule has 0 bridgehead atoms. The summed E-state index contributed by atoms with van der Waals surface area (Å²) in [7, 11) is 1.65. The number of nitrogens with zero attached hydrogens (tertiary/aromatic N) is 1. The number of halogens is 1. The van der Waals surface area contributed by atoms with E-state index in [9.17, 15) is 9.18 Å². The molecule has 5 heteroatoms. The van der Waals surface area contributed by atoms with Crippen molar-refractivity contribution in [3.05, 3.63) is 35.6 Å². The van der Waals surface area contributed by atoms with Crippen LogP contribution in [0.5, 0.6) is 0 Å². The maximum Gasteiger partial charge on any atom is 0.221 e. The van der Waals surface area contributed by atoms with Gasteiger partial charge in [-0.2, -0.15) is 0 Å². The normalized spacial score (nSPS) is 19.4. The van der Waals surface area contributed by atoms with Crippen molar-refractivity contribution < 1.29 is 13.9 Å². The van der Waals surface area contributed by atoms with Crippen LogP contribution in [0.1, 0.15) is 24.8 Å². The number of piperidine rings is 1. The van der Waals surface area contributed by atoms with Gasteiger partial charge in [-0.3, -0.25) is 4.79 Å². The van der Waals surface area contributed by atoms with Gasteiger partial charge in [0.2, 0.25) is 5.91 Å². The number of hydrogen-bond donors (Lipinski definition) is 1. The third-order valence-electron chi connectivity index (χ3n) is 3.83. The van der Waals surface area contributed by atoms with Gasteiger partial charge >= 0.3 is 0 Å².